The lowest BCUT2D eigenvalue weighted by atomic mass is 10.1. The number of amides is 2. The van der Waals surface area contributed by atoms with Gasteiger partial charge in [0.15, 0.2) is 0 Å². The minimum Gasteiger partial charge on any atom is -0.376 e. The average molecular weight is 345 g/mol. The van der Waals surface area contributed by atoms with Crippen LogP contribution in [0.15, 0.2) is 24.3 Å². The molecule has 2 amide bonds. The van der Waals surface area contributed by atoms with Gasteiger partial charge in [-0.25, -0.2) is 0 Å². The molecule has 0 spiro atoms. The van der Waals surface area contributed by atoms with Gasteiger partial charge in [0, 0.05) is 37.4 Å². The first-order chi connectivity index (χ1) is 12.2. The Morgan fingerprint density at radius 3 is 2.40 bits per heavy atom. The van der Waals surface area contributed by atoms with Gasteiger partial charge in [0.05, 0.1) is 6.54 Å². The molecule has 1 aliphatic rings. The first kappa shape index (κ1) is 19.3. The van der Waals surface area contributed by atoms with Crippen LogP contribution in [0.5, 0.6) is 0 Å². The monoisotopic (exact) mass is 345 g/mol. The number of carbonyl (C=O) groups is 2. The van der Waals surface area contributed by atoms with E-state index in [1.165, 1.54) is 6.42 Å². The summed E-state index contributed by atoms with van der Waals surface area (Å²) in [5.74, 6) is 0.199. The van der Waals surface area contributed by atoms with Gasteiger partial charge in [-0.2, -0.15) is 0 Å². The maximum absolute atomic E-state index is 12.6. The van der Waals surface area contributed by atoms with Crippen LogP contribution in [0.25, 0.3) is 0 Å². The molecule has 0 unspecified atom stereocenters. The first-order valence-corrected chi connectivity index (χ1v) is 9.56. The summed E-state index contributed by atoms with van der Waals surface area (Å²) in [6, 6.07) is 7.49. The Morgan fingerprint density at radius 2 is 1.76 bits per heavy atom. The molecule has 0 saturated carbocycles. The lowest BCUT2D eigenvalue weighted by molar-refractivity contribution is -0.129. The van der Waals surface area contributed by atoms with Crippen molar-refractivity contribution >= 4 is 17.5 Å². The molecule has 1 aromatic rings. The van der Waals surface area contributed by atoms with Crippen molar-refractivity contribution in [3.8, 4) is 0 Å². The van der Waals surface area contributed by atoms with Crippen LogP contribution in [0, 0.1) is 0 Å². The Bertz CT molecular complexity index is 562. The Hall–Kier alpha value is -2.04. The highest BCUT2D eigenvalue weighted by Gasteiger charge is 2.18. The summed E-state index contributed by atoms with van der Waals surface area (Å²) in [7, 11) is 0. The molecule has 138 valence electrons. The van der Waals surface area contributed by atoms with Crippen molar-refractivity contribution in [2.45, 2.75) is 46.0 Å². The fourth-order valence-corrected chi connectivity index (χ4v) is 3.23. The van der Waals surface area contributed by atoms with Gasteiger partial charge >= 0.3 is 0 Å². The van der Waals surface area contributed by atoms with Crippen molar-refractivity contribution in [2.75, 3.05) is 38.0 Å². The van der Waals surface area contributed by atoms with Crippen molar-refractivity contribution in [3.05, 3.63) is 29.8 Å². The minimum absolute atomic E-state index is 0.0910. The Labute approximate surface area is 151 Å². The molecule has 1 aromatic carbocycles. The van der Waals surface area contributed by atoms with Crippen LogP contribution in [0.1, 0.15) is 56.3 Å². The van der Waals surface area contributed by atoms with Crippen molar-refractivity contribution in [3.63, 3.8) is 0 Å². The summed E-state index contributed by atoms with van der Waals surface area (Å²) in [5, 5.41) is 3.18. The number of carbonyl (C=O) groups excluding carboxylic acids is 2. The molecule has 2 rings (SSSR count). The summed E-state index contributed by atoms with van der Waals surface area (Å²) in [5.41, 5.74) is 1.52. The van der Waals surface area contributed by atoms with Crippen LogP contribution < -0.4 is 5.32 Å². The van der Waals surface area contributed by atoms with Gasteiger partial charge < -0.3 is 15.1 Å². The Balaban J connectivity index is 1.94. The summed E-state index contributed by atoms with van der Waals surface area (Å²) in [6.07, 6.45) is 5.31. The average Bonchev–Trinajstić information content (AvgIpc) is 2.66. The highest BCUT2D eigenvalue weighted by molar-refractivity contribution is 5.95. The van der Waals surface area contributed by atoms with Crippen molar-refractivity contribution in [1.82, 2.24) is 9.80 Å². The molecule has 1 heterocycles. The SMILES string of the molecule is CCCN(CCC)C(=O)CNc1cccc(C(=O)N2CCCCC2)c1. The lowest BCUT2D eigenvalue weighted by Crippen LogP contribution is -2.37. The number of likely N-dealkylation sites (tertiary alicyclic amines) is 1. The van der Waals surface area contributed by atoms with E-state index < -0.39 is 0 Å². The van der Waals surface area contributed by atoms with Crippen LogP contribution in [0.3, 0.4) is 0 Å². The molecule has 1 N–H and O–H groups in total. The van der Waals surface area contributed by atoms with Gasteiger partial charge in [-0.15, -0.1) is 0 Å². The second-order valence-electron chi connectivity index (χ2n) is 6.67. The van der Waals surface area contributed by atoms with Gasteiger partial charge in [0.1, 0.15) is 0 Å². The first-order valence-electron chi connectivity index (χ1n) is 9.56. The molecule has 25 heavy (non-hydrogen) atoms. The van der Waals surface area contributed by atoms with E-state index in [0.29, 0.717) is 5.56 Å². The predicted octanol–water partition coefficient (Wildman–Crippen LogP) is 3.37. The maximum Gasteiger partial charge on any atom is 0.253 e. The molecule has 0 aliphatic carbocycles. The molecule has 1 aliphatic heterocycles. The van der Waals surface area contributed by atoms with Crippen molar-refractivity contribution in [2.24, 2.45) is 0 Å². The predicted molar refractivity (Wildman–Crippen MR) is 102 cm³/mol. The minimum atomic E-state index is 0.0910. The van der Waals surface area contributed by atoms with E-state index in [4.69, 9.17) is 0 Å². The number of rotatable bonds is 8. The number of benzene rings is 1. The molecule has 0 bridgehead atoms. The molecular formula is C20H31N3O2. The second-order valence-corrected chi connectivity index (χ2v) is 6.67. The Morgan fingerprint density at radius 1 is 1.08 bits per heavy atom. The Kier molecular flexibility index (Phi) is 7.76. The van der Waals surface area contributed by atoms with Gasteiger partial charge in [-0.05, 0) is 50.3 Å². The van der Waals surface area contributed by atoms with Gasteiger partial charge in [0.25, 0.3) is 5.91 Å². The number of nitrogens with one attached hydrogen (secondary N) is 1. The molecule has 5 nitrogen and oxygen atoms in total. The summed E-state index contributed by atoms with van der Waals surface area (Å²) in [6.45, 7) is 7.71. The van der Waals surface area contributed by atoms with E-state index in [1.807, 2.05) is 34.1 Å². The highest BCUT2D eigenvalue weighted by Crippen LogP contribution is 2.16. The van der Waals surface area contributed by atoms with Crippen LogP contribution in [0.4, 0.5) is 5.69 Å². The van der Waals surface area contributed by atoms with E-state index in [0.717, 1.165) is 57.5 Å². The molecule has 0 atom stereocenters. The maximum atomic E-state index is 12.6. The molecule has 0 radical (unpaired) electrons. The zero-order chi connectivity index (χ0) is 18.1. The third-order valence-electron chi connectivity index (χ3n) is 4.54. The van der Waals surface area contributed by atoms with E-state index >= 15 is 0 Å². The summed E-state index contributed by atoms with van der Waals surface area (Å²) < 4.78 is 0. The fraction of sp³-hybridized carbons (Fsp3) is 0.600. The van der Waals surface area contributed by atoms with Gasteiger partial charge in [0.2, 0.25) is 5.91 Å². The second kappa shape index (κ2) is 10.1. The van der Waals surface area contributed by atoms with E-state index in [9.17, 15) is 9.59 Å². The van der Waals surface area contributed by atoms with Gasteiger partial charge in [-0.1, -0.05) is 19.9 Å². The molecule has 1 saturated heterocycles. The third kappa shape index (κ3) is 5.76. The number of nitrogens with zero attached hydrogens (tertiary/aromatic N) is 2. The largest absolute Gasteiger partial charge is 0.376 e. The third-order valence-corrected chi connectivity index (χ3v) is 4.54. The number of piperidine rings is 1. The molecule has 1 fully saturated rings. The molecule has 0 aromatic heterocycles. The highest BCUT2D eigenvalue weighted by atomic mass is 16.2. The smallest absolute Gasteiger partial charge is 0.253 e. The van der Waals surface area contributed by atoms with E-state index in [-0.39, 0.29) is 18.4 Å². The molecular weight excluding hydrogens is 314 g/mol. The zero-order valence-electron chi connectivity index (χ0n) is 15.6. The topological polar surface area (TPSA) is 52.7 Å². The molecule has 5 heteroatoms. The summed E-state index contributed by atoms with van der Waals surface area (Å²) >= 11 is 0. The van der Waals surface area contributed by atoms with Crippen LogP contribution in [-0.4, -0.2) is 54.3 Å². The standard InChI is InChI=1S/C20H31N3O2/c1-3-11-22(12-4-2)19(24)16-21-18-10-8-9-17(15-18)20(25)23-13-6-5-7-14-23/h8-10,15,21H,3-7,11-14,16H2,1-2H3. The van der Waals surface area contributed by atoms with Crippen molar-refractivity contribution < 1.29 is 9.59 Å². The zero-order valence-corrected chi connectivity index (χ0v) is 15.6. The van der Waals surface area contributed by atoms with Crippen LogP contribution in [-0.2, 0) is 4.79 Å². The van der Waals surface area contributed by atoms with E-state index in [2.05, 4.69) is 19.2 Å². The quantitative estimate of drug-likeness (QED) is 0.786. The summed E-state index contributed by atoms with van der Waals surface area (Å²) in [4.78, 5) is 28.8. The van der Waals surface area contributed by atoms with Crippen LogP contribution in [0.2, 0.25) is 0 Å². The van der Waals surface area contributed by atoms with Gasteiger partial charge in [-0.3, -0.25) is 9.59 Å². The fourth-order valence-electron chi connectivity index (χ4n) is 3.23. The number of anilines is 1. The van der Waals surface area contributed by atoms with E-state index in [1.54, 1.807) is 0 Å². The van der Waals surface area contributed by atoms with Crippen LogP contribution >= 0.6 is 0 Å². The lowest BCUT2D eigenvalue weighted by Gasteiger charge is -2.27. The van der Waals surface area contributed by atoms with Crippen molar-refractivity contribution in [1.29, 1.82) is 0 Å². The number of hydrogen-bond acceptors (Lipinski definition) is 3. The number of hydrogen-bond donors (Lipinski definition) is 1. The normalized spacial score (nSPS) is 14.2.